The van der Waals surface area contributed by atoms with Crippen molar-refractivity contribution in [1.29, 1.82) is 0 Å². The fraction of sp³-hybridized carbons (Fsp3) is 0.600. The van der Waals surface area contributed by atoms with Gasteiger partial charge in [-0.1, -0.05) is 0 Å². The van der Waals surface area contributed by atoms with E-state index in [-0.39, 0.29) is 11.8 Å². The number of hydrogen-bond acceptors (Lipinski definition) is 2. The third kappa shape index (κ3) is 0.683. The number of carbonyl (C=O) groups is 1. The highest BCUT2D eigenvalue weighted by Crippen LogP contribution is 2.04. The van der Waals surface area contributed by atoms with Crippen LogP contribution in [0.4, 0.5) is 0 Å². The molecular formula is C5H7NO. The smallest absolute Gasteiger partial charge is 0.154 e. The first-order valence-electron chi connectivity index (χ1n) is 2.33. The van der Waals surface area contributed by atoms with E-state index < -0.39 is 0 Å². The van der Waals surface area contributed by atoms with Gasteiger partial charge in [0.05, 0.1) is 0 Å². The van der Waals surface area contributed by atoms with Crippen molar-refractivity contribution in [1.82, 2.24) is 0 Å². The summed E-state index contributed by atoms with van der Waals surface area (Å²) >= 11 is 0. The van der Waals surface area contributed by atoms with Crippen molar-refractivity contribution >= 4 is 12.0 Å². The van der Waals surface area contributed by atoms with Gasteiger partial charge in [-0.2, -0.15) is 0 Å². The molecule has 1 unspecified atom stereocenters. The minimum atomic E-state index is 0.0139. The summed E-state index contributed by atoms with van der Waals surface area (Å²) in [4.78, 5) is 14.1. The van der Waals surface area contributed by atoms with Crippen LogP contribution in [0.15, 0.2) is 4.99 Å². The number of aliphatic imine (C=N–C) groups is 1. The number of Topliss-reactive ketones (excluding diaryl/α,β-unsaturated/α-hetero) is 1. The summed E-state index contributed by atoms with van der Waals surface area (Å²) in [6, 6.07) is 0.0139. The number of ketones is 1. The van der Waals surface area contributed by atoms with Crippen LogP contribution >= 0.6 is 0 Å². The van der Waals surface area contributed by atoms with Crippen LogP contribution in [0.3, 0.4) is 0 Å². The van der Waals surface area contributed by atoms with Crippen LogP contribution in [0.2, 0.25) is 0 Å². The third-order valence-corrected chi connectivity index (χ3v) is 1.08. The molecule has 0 aromatic carbocycles. The molecule has 2 nitrogen and oxygen atoms in total. The Morgan fingerprint density at radius 1 is 2.00 bits per heavy atom. The zero-order valence-corrected chi connectivity index (χ0v) is 4.22. The summed E-state index contributed by atoms with van der Waals surface area (Å²) in [5.74, 6) is 0.183. The minimum Gasteiger partial charge on any atom is -0.298 e. The lowest BCUT2D eigenvalue weighted by Gasteiger charge is -2.11. The van der Waals surface area contributed by atoms with Gasteiger partial charge < -0.3 is 0 Å². The van der Waals surface area contributed by atoms with E-state index in [1.165, 1.54) is 0 Å². The van der Waals surface area contributed by atoms with Gasteiger partial charge in [0.15, 0.2) is 5.78 Å². The Balaban J connectivity index is 2.44. The molecule has 2 heteroatoms. The Bertz CT molecular complexity index is 117. The zero-order chi connectivity index (χ0) is 5.28. The van der Waals surface area contributed by atoms with Crippen molar-refractivity contribution < 1.29 is 4.79 Å². The van der Waals surface area contributed by atoms with E-state index in [0.29, 0.717) is 0 Å². The molecule has 1 rings (SSSR count). The molecule has 7 heavy (non-hydrogen) atoms. The molecule has 1 aliphatic rings. The van der Waals surface area contributed by atoms with E-state index in [4.69, 9.17) is 0 Å². The number of hydrogen-bond donors (Lipinski definition) is 0. The lowest BCUT2D eigenvalue weighted by Crippen LogP contribution is -2.22. The van der Waals surface area contributed by atoms with Gasteiger partial charge in [-0.25, -0.2) is 0 Å². The van der Waals surface area contributed by atoms with Crippen LogP contribution in [0.1, 0.15) is 13.3 Å². The van der Waals surface area contributed by atoms with Crippen LogP contribution < -0.4 is 0 Å². The molecule has 1 heterocycles. The average molecular weight is 97.1 g/mol. The second-order valence-corrected chi connectivity index (χ2v) is 1.69. The van der Waals surface area contributed by atoms with E-state index in [9.17, 15) is 4.79 Å². The quantitative estimate of drug-likeness (QED) is 0.466. The molecule has 0 radical (unpaired) electrons. The zero-order valence-electron chi connectivity index (χ0n) is 4.22. The monoisotopic (exact) mass is 97.1 g/mol. The second kappa shape index (κ2) is 1.45. The Labute approximate surface area is 42.3 Å². The van der Waals surface area contributed by atoms with Crippen LogP contribution in [-0.4, -0.2) is 18.0 Å². The predicted molar refractivity (Wildman–Crippen MR) is 27.6 cm³/mol. The van der Waals surface area contributed by atoms with Gasteiger partial charge in [-0.05, 0) is 6.92 Å². The van der Waals surface area contributed by atoms with E-state index in [2.05, 4.69) is 4.99 Å². The first kappa shape index (κ1) is 4.50. The number of rotatable bonds is 1. The molecule has 0 fully saturated rings. The largest absolute Gasteiger partial charge is 0.298 e. The molecule has 0 saturated carbocycles. The topological polar surface area (TPSA) is 29.4 Å². The molecule has 0 amide bonds. The summed E-state index contributed by atoms with van der Waals surface area (Å²) in [6.07, 6.45) is 2.63. The number of nitrogens with zero attached hydrogens (tertiary/aromatic N) is 1. The second-order valence-electron chi connectivity index (χ2n) is 1.69. The van der Waals surface area contributed by atoms with Crippen molar-refractivity contribution in [2.24, 2.45) is 4.99 Å². The normalized spacial score (nSPS) is 26.7. The maximum atomic E-state index is 10.3. The van der Waals surface area contributed by atoms with Crippen LogP contribution in [0.25, 0.3) is 0 Å². The molecule has 0 spiro atoms. The van der Waals surface area contributed by atoms with Crippen molar-refractivity contribution in [3.8, 4) is 0 Å². The minimum absolute atomic E-state index is 0.0139. The van der Waals surface area contributed by atoms with Gasteiger partial charge in [0, 0.05) is 12.6 Å². The molecule has 0 N–H and O–H groups in total. The standard InChI is InChI=1S/C5H7NO/c1-4(7)5-2-3-6-5/h3,5H,2H2,1H3. The van der Waals surface area contributed by atoms with Gasteiger partial charge in [0.2, 0.25) is 0 Å². The van der Waals surface area contributed by atoms with Crippen molar-refractivity contribution in [3.05, 3.63) is 0 Å². The van der Waals surface area contributed by atoms with Crippen LogP contribution in [-0.2, 0) is 4.79 Å². The fourth-order valence-corrected chi connectivity index (χ4v) is 0.482. The van der Waals surface area contributed by atoms with E-state index in [0.717, 1.165) is 6.42 Å². The summed E-state index contributed by atoms with van der Waals surface area (Å²) in [7, 11) is 0. The highest BCUT2D eigenvalue weighted by Gasteiger charge is 2.15. The van der Waals surface area contributed by atoms with Gasteiger partial charge in [-0.15, -0.1) is 0 Å². The highest BCUT2D eigenvalue weighted by atomic mass is 16.1. The molecule has 0 aliphatic carbocycles. The van der Waals surface area contributed by atoms with Gasteiger partial charge >= 0.3 is 0 Å². The third-order valence-electron chi connectivity index (χ3n) is 1.08. The van der Waals surface area contributed by atoms with Crippen molar-refractivity contribution in [3.63, 3.8) is 0 Å². The maximum absolute atomic E-state index is 10.3. The lowest BCUT2D eigenvalue weighted by atomic mass is 10.1. The Hall–Kier alpha value is -0.660. The first-order chi connectivity index (χ1) is 3.30. The Morgan fingerprint density at radius 2 is 2.57 bits per heavy atom. The Kier molecular flexibility index (Phi) is 0.929. The molecular weight excluding hydrogens is 90.1 g/mol. The van der Waals surface area contributed by atoms with E-state index in [1.807, 2.05) is 0 Å². The van der Waals surface area contributed by atoms with E-state index in [1.54, 1.807) is 13.1 Å². The molecule has 0 saturated heterocycles. The molecule has 0 aromatic rings. The van der Waals surface area contributed by atoms with Crippen LogP contribution in [0.5, 0.6) is 0 Å². The van der Waals surface area contributed by atoms with Crippen molar-refractivity contribution in [2.75, 3.05) is 0 Å². The predicted octanol–water partition coefficient (Wildman–Crippen LogP) is 0.418. The number of carbonyl (C=O) groups excluding carboxylic acids is 1. The SMILES string of the molecule is CC(=O)C1CC=N1. The van der Waals surface area contributed by atoms with Crippen LogP contribution in [0, 0.1) is 0 Å². The molecule has 0 aromatic heterocycles. The highest BCUT2D eigenvalue weighted by molar-refractivity contribution is 5.89. The van der Waals surface area contributed by atoms with Gasteiger partial charge in [-0.3, -0.25) is 9.79 Å². The Morgan fingerprint density at radius 3 is 2.57 bits per heavy atom. The summed E-state index contributed by atoms with van der Waals surface area (Å²) < 4.78 is 0. The lowest BCUT2D eigenvalue weighted by molar-refractivity contribution is -0.118. The summed E-state index contributed by atoms with van der Waals surface area (Å²) in [6.45, 7) is 1.57. The molecule has 1 atom stereocenters. The van der Waals surface area contributed by atoms with Gasteiger partial charge in [0.1, 0.15) is 6.04 Å². The average Bonchev–Trinajstić information content (AvgIpc) is 1.23. The van der Waals surface area contributed by atoms with E-state index >= 15 is 0 Å². The molecule has 38 valence electrons. The summed E-state index contributed by atoms with van der Waals surface area (Å²) in [5, 5.41) is 0. The molecule has 1 aliphatic heterocycles. The summed E-state index contributed by atoms with van der Waals surface area (Å²) in [5.41, 5.74) is 0. The maximum Gasteiger partial charge on any atom is 0.154 e. The first-order valence-corrected chi connectivity index (χ1v) is 2.33. The molecule has 0 bridgehead atoms. The van der Waals surface area contributed by atoms with Crippen molar-refractivity contribution in [2.45, 2.75) is 19.4 Å². The fourth-order valence-electron chi connectivity index (χ4n) is 0.482. The van der Waals surface area contributed by atoms with Gasteiger partial charge in [0.25, 0.3) is 0 Å².